The minimum absolute atomic E-state index is 0.153. The van der Waals surface area contributed by atoms with E-state index in [2.05, 4.69) is 41.6 Å². The van der Waals surface area contributed by atoms with Crippen LogP contribution in [0.5, 0.6) is 0 Å². The Morgan fingerprint density at radius 3 is 2.75 bits per heavy atom. The number of rotatable bonds is 5. The Morgan fingerprint density at radius 2 is 2.00 bits per heavy atom. The molecule has 5 aromatic rings. The predicted molar refractivity (Wildman–Crippen MR) is 118 cm³/mol. The Kier molecular flexibility index (Phi) is 4.93. The number of hydrogen-bond acceptors (Lipinski definition) is 8. The van der Waals surface area contributed by atoms with Crippen LogP contribution < -0.4 is 5.32 Å². The summed E-state index contributed by atoms with van der Waals surface area (Å²) in [6, 6.07) is 7.64. The van der Waals surface area contributed by atoms with Crippen molar-refractivity contribution in [2.75, 3.05) is 5.32 Å². The number of nitriles is 1. The van der Waals surface area contributed by atoms with E-state index in [0.29, 0.717) is 40.0 Å². The maximum Gasteiger partial charge on any atom is 0.183 e. The molecule has 32 heavy (non-hydrogen) atoms. The SMILES string of the molecule is Cn1ccc(-c2nc(NCc3cncnc3)c(C#N)nc2-c2cc(Cl)c3[nH]ncc3c2)n1. The number of hydrogen-bond donors (Lipinski definition) is 2. The minimum Gasteiger partial charge on any atom is -0.363 e. The fourth-order valence-corrected chi connectivity index (χ4v) is 3.58. The van der Waals surface area contributed by atoms with Gasteiger partial charge in [0, 0.05) is 48.7 Å². The quantitative estimate of drug-likeness (QED) is 0.423. The fraction of sp³-hybridized carbons (Fsp3) is 0.0952. The van der Waals surface area contributed by atoms with Gasteiger partial charge in [0.2, 0.25) is 0 Å². The van der Waals surface area contributed by atoms with Crippen LogP contribution in [0.1, 0.15) is 11.3 Å². The molecule has 0 aliphatic carbocycles. The van der Waals surface area contributed by atoms with E-state index in [-0.39, 0.29) is 5.69 Å². The Balaban J connectivity index is 1.66. The molecule has 10 nitrogen and oxygen atoms in total. The highest BCUT2D eigenvalue weighted by Crippen LogP contribution is 2.34. The van der Waals surface area contributed by atoms with Crippen molar-refractivity contribution in [2.24, 2.45) is 7.05 Å². The lowest BCUT2D eigenvalue weighted by Gasteiger charge is -2.13. The number of aromatic amines is 1. The second-order valence-electron chi connectivity index (χ2n) is 7.00. The molecule has 0 atom stereocenters. The third-order valence-electron chi connectivity index (χ3n) is 4.81. The molecule has 0 radical (unpaired) electrons. The van der Waals surface area contributed by atoms with Crippen LogP contribution in [0.4, 0.5) is 5.82 Å². The van der Waals surface area contributed by atoms with Gasteiger partial charge >= 0.3 is 0 Å². The van der Waals surface area contributed by atoms with Gasteiger partial charge in [0.25, 0.3) is 0 Å². The zero-order chi connectivity index (χ0) is 22.1. The molecule has 4 heterocycles. The Morgan fingerprint density at radius 1 is 1.16 bits per heavy atom. The van der Waals surface area contributed by atoms with Gasteiger partial charge in [-0.15, -0.1) is 0 Å². The molecule has 5 rings (SSSR count). The number of halogens is 1. The van der Waals surface area contributed by atoms with Crippen LogP contribution in [0.15, 0.2) is 49.3 Å². The first-order chi connectivity index (χ1) is 15.6. The number of aryl methyl sites for hydroxylation is 1. The van der Waals surface area contributed by atoms with Crippen molar-refractivity contribution < 1.29 is 0 Å². The van der Waals surface area contributed by atoms with E-state index in [1.165, 1.54) is 6.33 Å². The van der Waals surface area contributed by atoms with E-state index >= 15 is 0 Å². The Hall–Kier alpha value is -4.36. The molecule has 4 aromatic heterocycles. The van der Waals surface area contributed by atoms with Crippen LogP contribution in [0.3, 0.4) is 0 Å². The molecule has 0 spiro atoms. The summed E-state index contributed by atoms with van der Waals surface area (Å²) < 4.78 is 1.68. The molecular formula is C21H15ClN10. The van der Waals surface area contributed by atoms with Gasteiger partial charge in [-0.1, -0.05) is 11.6 Å². The second-order valence-corrected chi connectivity index (χ2v) is 7.40. The number of nitrogens with one attached hydrogen (secondary N) is 2. The smallest absolute Gasteiger partial charge is 0.183 e. The van der Waals surface area contributed by atoms with Crippen LogP contribution in [0.25, 0.3) is 33.5 Å². The Bertz CT molecular complexity index is 1470. The lowest BCUT2D eigenvalue weighted by molar-refractivity contribution is 0.770. The first-order valence-electron chi connectivity index (χ1n) is 9.55. The van der Waals surface area contributed by atoms with Gasteiger partial charge in [-0.25, -0.2) is 19.9 Å². The second kappa shape index (κ2) is 8.05. The molecule has 0 saturated heterocycles. The predicted octanol–water partition coefficient (Wildman–Crippen LogP) is 3.35. The molecule has 0 bridgehead atoms. The summed E-state index contributed by atoms with van der Waals surface area (Å²) in [6.07, 6.45) is 8.34. The van der Waals surface area contributed by atoms with Crippen LogP contribution >= 0.6 is 11.6 Å². The zero-order valence-corrected chi connectivity index (χ0v) is 17.5. The molecule has 2 N–H and O–H groups in total. The molecule has 156 valence electrons. The first-order valence-corrected chi connectivity index (χ1v) is 9.93. The van der Waals surface area contributed by atoms with Crippen LogP contribution in [0.2, 0.25) is 5.02 Å². The third-order valence-corrected chi connectivity index (χ3v) is 5.10. The maximum absolute atomic E-state index is 9.77. The summed E-state index contributed by atoms with van der Waals surface area (Å²) in [5.41, 5.74) is 4.07. The molecule has 0 aliphatic rings. The largest absolute Gasteiger partial charge is 0.363 e. The normalized spacial score (nSPS) is 10.9. The first kappa shape index (κ1) is 19.6. The lowest BCUT2D eigenvalue weighted by atomic mass is 10.1. The van der Waals surface area contributed by atoms with Gasteiger partial charge in [-0.3, -0.25) is 9.78 Å². The summed E-state index contributed by atoms with van der Waals surface area (Å²) in [6.45, 7) is 0.387. The number of anilines is 1. The summed E-state index contributed by atoms with van der Waals surface area (Å²) in [5.74, 6) is 0.344. The molecule has 0 aliphatic heterocycles. The van der Waals surface area contributed by atoms with Crippen LogP contribution in [0, 0.1) is 11.3 Å². The third kappa shape index (κ3) is 3.61. The summed E-state index contributed by atoms with van der Waals surface area (Å²) >= 11 is 6.45. The van der Waals surface area contributed by atoms with Gasteiger partial charge in [0.15, 0.2) is 11.5 Å². The average molecular weight is 443 g/mol. The topological polar surface area (TPSA) is 134 Å². The summed E-state index contributed by atoms with van der Waals surface area (Å²) in [7, 11) is 1.82. The lowest BCUT2D eigenvalue weighted by Crippen LogP contribution is -2.08. The van der Waals surface area contributed by atoms with E-state index in [1.807, 2.05) is 25.4 Å². The molecule has 0 fully saturated rings. The van der Waals surface area contributed by atoms with Gasteiger partial charge in [-0.2, -0.15) is 15.5 Å². The highest BCUT2D eigenvalue weighted by Gasteiger charge is 2.20. The zero-order valence-electron chi connectivity index (χ0n) is 16.8. The molecular weight excluding hydrogens is 428 g/mol. The van der Waals surface area contributed by atoms with Gasteiger partial charge in [-0.05, 0) is 18.2 Å². The van der Waals surface area contributed by atoms with Crippen molar-refractivity contribution >= 4 is 28.3 Å². The number of benzene rings is 1. The van der Waals surface area contributed by atoms with E-state index in [1.54, 1.807) is 29.3 Å². The average Bonchev–Trinajstić information content (AvgIpc) is 3.47. The maximum atomic E-state index is 9.77. The minimum atomic E-state index is 0.153. The summed E-state index contributed by atoms with van der Waals surface area (Å²) in [4.78, 5) is 17.4. The molecule has 11 heteroatoms. The van der Waals surface area contributed by atoms with Crippen molar-refractivity contribution in [1.82, 2.24) is 39.9 Å². The number of H-pyrrole nitrogens is 1. The standard InChI is InChI=1S/C21H15ClN10/c1-32-3-2-16(31-32)20-19(13-4-14-10-27-30-18(14)15(22)5-13)28-17(6-23)21(29-20)26-9-12-7-24-11-25-8-12/h2-5,7-8,10-11H,9H2,1H3,(H,26,29)(H,27,30). The fourth-order valence-electron chi connectivity index (χ4n) is 3.32. The van der Waals surface area contributed by atoms with E-state index in [4.69, 9.17) is 16.6 Å². The van der Waals surface area contributed by atoms with E-state index in [0.717, 1.165) is 16.5 Å². The molecule has 1 aromatic carbocycles. The van der Waals surface area contributed by atoms with Gasteiger partial charge < -0.3 is 5.32 Å². The highest BCUT2D eigenvalue weighted by atomic mass is 35.5. The van der Waals surface area contributed by atoms with E-state index < -0.39 is 0 Å². The van der Waals surface area contributed by atoms with Crippen LogP contribution in [-0.4, -0.2) is 39.9 Å². The molecule has 0 unspecified atom stereocenters. The number of nitrogens with zero attached hydrogens (tertiary/aromatic N) is 8. The van der Waals surface area contributed by atoms with Crippen molar-refractivity contribution in [2.45, 2.75) is 6.54 Å². The van der Waals surface area contributed by atoms with Crippen molar-refractivity contribution in [3.63, 3.8) is 0 Å². The van der Waals surface area contributed by atoms with E-state index in [9.17, 15) is 5.26 Å². The van der Waals surface area contributed by atoms with Crippen LogP contribution in [-0.2, 0) is 13.6 Å². The number of aromatic nitrogens is 8. The molecule has 0 saturated carbocycles. The highest BCUT2D eigenvalue weighted by molar-refractivity contribution is 6.35. The van der Waals surface area contributed by atoms with Crippen molar-refractivity contribution in [1.29, 1.82) is 5.26 Å². The summed E-state index contributed by atoms with van der Waals surface area (Å²) in [5, 5.41) is 25.7. The monoisotopic (exact) mass is 442 g/mol. The number of fused-ring (bicyclic) bond motifs is 1. The van der Waals surface area contributed by atoms with Gasteiger partial charge in [0.1, 0.15) is 29.5 Å². The molecule has 0 amide bonds. The Labute approximate surface area is 187 Å². The van der Waals surface area contributed by atoms with Crippen molar-refractivity contribution in [3.8, 4) is 28.7 Å². The van der Waals surface area contributed by atoms with Gasteiger partial charge in [0.05, 0.1) is 16.7 Å². The van der Waals surface area contributed by atoms with Crippen molar-refractivity contribution in [3.05, 3.63) is 65.6 Å².